The quantitative estimate of drug-likeness (QED) is 0.338. The van der Waals surface area contributed by atoms with Crippen LogP contribution in [0.5, 0.6) is 17.5 Å². The molecular weight excluding hydrogens is 533 g/mol. The molecule has 202 valence electrons. The highest BCUT2D eigenvalue weighted by molar-refractivity contribution is 6.30. The van der Waals surface area contributed by atoms with E-state index in [1.807, 2.05) is 0 Å². The number of aliphatic hydroxyl groups excluding tert-OH is 1. The van der Waals surface area contributed by atoms with Gasteiger partial charge in [-0.1, -0.05) is 29.8 Å². The zero-order chi connectivity index (χ0) is 27.6. The summed E-state index contributed by atoms with van der Waals surface area (Å²) in [7, 11) is 2.74. The maximum absolute atomic E-state index is 13.5. The van der Waals surface area contributed by atoms with E-state index in [9.17, 15) is 27.9 Å². The predicted octanol–water partition coefficient (Wildman–Crippen LogP) is 3.30. The van der Waals surface area contributed by atoms with Crippen molar-refractivity contribution in [1.82, 2.24) is 18.7 Å². The van der Waals surface area contributed by atoms with Gasteiger partial charge in [0.05, 0.1) is 25.8 Å². The summed E-state index contributed by atoms with van der Waals surface area (Å²) in [5.74, 6) is -0.566. The Morgan fingerprint density at radius 1 is 1.08 bits per heavy atom. The number of rotatable bonds is 9. The molecule has 38 heavy (non-hydrogen) atoms. The third-order valence-corrected chi connectivity index (χ3v) is 5.87. The minimum absolute atomic E-state index is 0.00691. The lowest BCUT2D eigenvalue weighted by Crippen LogP contribution is -2.43. The van der Waals surface area contributed by atoms with Crippen LogP contribution in [-0.4, -0.2) is 50.0 Å². The number of ether oxygens (including phenoxy) is 3. The van der Waals surface area contributed by atoms with E-state index >= 15 is 0 Å². The van der Waals surface area contributed by atoms with Gasteiger partial charge >= 0.3 is 18.1 Å². The third-order valence-electron chi connectivity index (χ3n) is 5.62. The molecule has 2 aromatic carbocycles. The number of imidazole rings is 1. The Hall–Kier alpha value is -3.81. The number of aryl methyl sites for hydroxylation is 1. The lowest BCUT2D eigenvalue weighted by molar-refractivity contribution is -0.274. The topological polar surface area (TPSA) is 110 Å². The van der Waals surface area contributed by atoms with Crippen molar-refractivity contribution in [3.63, 3.8) is 0 Å². The van der Waals surface area contributed by atoms with Gasteiger partial charge in [-0.15, -0.1) is 13.2 Å². The first-order chi connectivity index (χ1) is 18.0. The maximum atomic E-state index is 13.5. The average Bonchev–Trinajstić information content (AvgIpc) is 3.21. The van der Waals surface area contributed by atoms with Gasteiger partial charge in [0.1, 0.15) is 11.5 Å². The summed E-state index contributed by atoms with van der Waals surface area (Å²) in [6, 6.07) is 11.4. The number of methoxy groups -OCH3 is 1. The molecule has 0 unspecified atom stereocenters. The van der Waals surface area contributed by atoms with Gasteiger partial charge < -0.3 is 19.3 Å². The van der Waals surface area contributed by atoms with Crippen LogP contribution in [0.1, 0.15) is 5.56 Å². The smallest absolute Gasteiger partial charge is 0.425 e. The van der Waals surface area contributed by atoms with Gasteiger partial charge in [-0.05, 0) is 29.8 Å². The molecule has 0 aliphatic heterocycles. The molecule has 0 amide bonds. The van der Waals surface area contributed by atoms with E-state index in [0.29, 0.717) is 10.6 Å². The Kier molecular flexibility index (Phi) is 7.81. The molecule has 1 N–H and O–H groups in total. The Bertz CT molecular complexity index is 1560. The summed E-state index contributed by atoms with van der Waals surface area (Å²) < 4.78 is 56.4. The summed E-state index contributed by atoms with van der Waals surface area (Å²) in [4.78, 5) is 30.9. The van der Waals surface area contributed by atoms with E-state index in [1.165, 1.54) is 30.9 Å². The molecule has 14 heteroatoms. The summed E-state index contributed by atoms with van der Waals surface area (Å²) >= 11 is 5.99. The van der Waals surface area contributed by atoms with Crippen LogP contribution in [-0.2, 0) is 24.9 Å². The third kappa shape index (κ3) is 5.85. The van der Waals surface area contributed by atoms with Crippen LogP contribution in [0.4, 0.5) is 13.2 Å². The predicted molar refractivity (Wildman–Crippen MR) is 131 cm³/mol. The standard InChI is InChI=1S/C24H22ClF3N4O6/c1-30-20-19(21(34)32(23(30)35)12-18(13-33)36-2)31(11-14-6-8-15(25)9-7-14)22(29-20)37-16-4-3-5-17(10-16)38-24(26,27)28/h3-10,18,33H,11-13H2,1-2H3/t18-/m1/s1. The lowest BCUT2D eigenvalue weighted by Gasteiger charge is -2.15. The first-order valence-electron chi connectivity index (χ1n) is 11.1. The second kappa shape index (κ2) is 10.9. The van der Waals surface area contributed by atoms with E-state index in [2.05, 4.69) is 9.72 Å². The largest absolute Gasteiger partial charge is 0.573 e. The second-order valence-electron chi connectivity index (χ2n) is 8.20. The van der Waals surface area contributed by atoms with Crippen LogP contribution < -0.4 is 20.7 Å². The normalized spacial score (nSPS) is 12.6. The molecule has 0 saturated carbocycles. The zero-order valence-electron chi connectivity index (χ0n) is 20.1. The first kappa shape index (κ1) is 27.2. The molecule has 10 nitrogen and oxygen atoms in total. The fraction of sp³-hybridized carbons (Fsp3) is 0.292. The Morgan fingerprint density at radius 3 is 2.39 bits per heavy atom. The lowest BCUT2D eigenvalue weighted by atomic mass is 10.2. The van der Waals surface area contributed by atoms with Crippen molar-refractivity contribution in [3.8, 4) is 17.5 Å². The van der Waals surface area contributed by atoms with Crippen molar-refractivity contribution in [1.29, 1.82) is 0 Å². The van der Waals surface area contributed by atoms with Crippen LogP contribution >= 0.6 is 11.6 Å². The fourth-order valence-electron chi connectivity index (χ4n) is 3.76. The van der Waals surface area contributed by atoms with Crippen LogP contribution in [0.2, 0.25) is 5.02 Å². The fourth-order valence-corrected chi connectivity index (χ4v) is 3.89. The number of halogens is 4. The molecule has 0 radical (unpaired) electrons. The number of nitrogens with zero attached hydrogens (tertiary/aromatic N) is 4. The highest BCUT2D eigenvalue weighted by Gasteiger charge is 2.31. The van der Waals surface area contributed by atoms with Crippen molar-refractivity contribution in [2.24, 2.45) is 7.05 Å². The van der Waals surface area contributed by atoms with E-state index in [0.717, 1.165) is 21.3 Å². The SMILES string of the molecule is CO[C@@H](CO)Cn1c(=O)c2c(nc(Oc3cccc(OC(F)(F)F)c3)n2Cc2ccc(Cl)cc2)n(C)c1=O. The van der Waals surface area contributed by atoms with E-state index in [4.69, 9.17) is 21.1 Å². The van der Waals surface area contributed by atoms with Gasteiger partial charge in [0.25, 0.3) is 5.56 Å². The molecule has 4 rings (SSSR count). The van der Waals surface area contributed by atoms with Crippen molar-refractivity contribution in [3.05, 3.63) is 80.0 Å². The molecule has 1 atom stereocenters. The van der Waals surface area contributed by atoms with E-state index in [-0.39, 0.29) is 36.0 Å². The number of benzene rings is 2. The van der Waals surface area contributed by atoms with Crippen molar-refractivity contribution < 1.29 is 32.5 Å². The van der Waals surface area contributed by atoms with Gasteiger partial charge in [0.15, 0.2) is 11.2 Å². The molecule has 0 fully saturated rings. The number of alkyl halides is 3. The Morgan fingerprint density at radius 2 is 1.76 bits per heavy atom. The Balaban J connectivity index is 1.88. The summed E-state index contributed by atoms with van der Waals surface area (Å²) in [6.45, 7) is -0.616. The molecule has 0 aliphatic carbocycles. The van der Waals surface area contributed by atoms with Gasteiger partial charge in [0, 0.05) is 25.2 Å². The molecule has 0 aliphatic rings. The summed E-state index contributed by atoms with van der Waals surface area (Å²) in [6.07, 6.45) is -5.73. The molecule has 0 bridgehead atoms. The van der Waals surface area contributed by atoms with Gasteiger partial charge in [0.2, 0.25) is 0 Å². The first-order valence-corrected chi connectivity index (χ1v) is 11.5. The summed E-state index contributed by atoms with van der Waals surface area (Å²) in [5, 5.41) is 9.99. The number of fused-ring (bicyclic) bond motifs is 1. The summed E-state index contributed by atoms with van der Waals surface area (Å²) in [5.41, 5.74) is -0.753. The number of aliphatic hydroxyl groups is 1. The minimum Gasteiger partial charge on any atom is -0.425 e. The zero-order valence-corrected chi connectivity index (χ0v) is 20.9. The highest BCUT2D eigenvalue weighted by atomic mass is 35.5. The Labute approximate surface area is 218 Å². The molecule has 4 aromatic rings. The van der Waals surface area contributed by atoms with Gasteiger partial charge in [-0.25, -0.2) is 4.79 Å². The molecule has 2 aromatic heterocycles. The molecule has 0 spiro atoms. The van der Waals surface area contributed by atoms with Gasteiger partial charge in [-0.3, -0.25) is 18.5 Å². The van der Waals surface area contributed by atoms with Crippen molar-refractivity contribution in [2.75, 3.05) is 13.7 Å². The van der Waals surface area contributed by atoms with Gasteiger partial charge in [-0.2, -0.15) is 4.98 Å². The minimum atomic E-state index is -4.90. The number of aromatic nitrogens is 4. The molecular formula is C24H22ClF3N4O6. The average molecular weight is 555 g/mol. The van der Waals surface area contributed by atoms with Crippen LogP contribution in [0.3, 0.4) is 0 Å². The highest BCUT2D eigenvalue weighted by Crippen LogP contribution is 2.30. The second-order valence-corrected chi connectivity index (χ2v) is 8.64. The van der Waals surface area contributed by atoms with Crippen molar-refractivity contribution >= 4 is 22.8 Å². The maximum Gasteiger partial charge on any atom is 0.573 e. The van der Waals surface area contributed by atoms with Crippen LogP contribution in [0.25, 0.3) is 11.2 Å². The van der Waals surface area contributed by atoms with Crippen LogP contribution in [0, 0.1) is 0 Å². The molecule has 2 heterocycles. The molecule has 0 saturated heterocycles. The van der Waals surface area contributed by atoms with E-state index < -0.39 is 36.1 Å². The number of hydrogen-bond donors (Lipinski definition) is 1. The number of hydrogen-bond acceptors (Lipinski definition) is 7. The van der Waals surface area contributed by atoms with Crippen molar-refractivity contribution in [2.45, 2.75) is 25.6 Å². The van der Waals surface area contributed by atoms with E-state index in [1.54, 1.807) is 24.3 Å². The monoisotopic (exact) mass is 554 g/mol. The van der Waals surface area contributed by atoms with Crippen LogP contribution in [0.15, 0.2) is 58.1 Å².